The number of hydrogen-bond donors (Lipinski definition) is 1. The minimum atomic E-state index is -0.182. The Balaban J connectivity index is 1.75. The molecule has 0 aliphatic heterocycles. The molecule has 0 heterocycles. The van der Waals surface area contributed by atoms with Gasteiger partial charge in [-0.15, -0.1) is 0 Å². The van der Waals surface area contributed by atoms with Gasteiger partial charge in [0, 0.05) is 0 Å². The molecule has 3 saturated carbocycles. The van der Waals surface area contributed by atoms with Gasteiger partial charge < -0.3 is 5.11 Å². The van der Waals surface area contributed by atoms with Crippen LogP contribution in [0.5, 0.6) is 0 Å². The maximum atomic E-state index is 10.0. The van der Waals surface area contributed by atoms with Gasteiger partial charge in [-0.2, -0.15) is 0 Å². The summed E-state index contributed by atoms with van der Waals surface area (Å²) in [4.78, 5) is 0. The van der Waals surface area contributed by atoms with Crippen molar-refractivity contribution in [1.82, 2.24) is 0 Å². The highest BCUT2D eigenvalue weighted by atomic mass is 16.3. The third-order valence-corrected chi connectivity index (χ3v) is 8.63. The van der Waals surface area contributed by atoms with E-state index in [1.54, 1.807) is 5.57 Å². The van der Waals surface area contributed by atoms with Crippen molar-refractivity contribution >= 4 is 0 Å². The van der Waals surface area contributed by atoms with E-state index < -0.39 is 0 Å². The molecule has 0 aromatic heterocycles. The van der Waals surface area contributed by atoms with Crippen molar-refractivity contribution < 1.29 is 5.11 Å². The molecule has 1 heteroatoms. The summed E-state index contributed by atoms with van der Waals surface area (Å²) in [5.74, 6) is 3.58. The molecule has 0 unspecified atom stereocenters. The third kappa shape index (κ3) is 4.98. The molecule has 0 radical (unpaired) electrons. The van der Waals surface area contributed by atoms with E-state index in [9.17, 15) is 5.11 Å². The lowest BCUT2D eigenvalue weighted by molar-refractivity contribution is 0.112. The van der Waals surface area contributed by atoms with Gasteiger partial charge in [0.2, 0.25) is 0 Å². The Hall–Kier alpha value is -1.08. The average molecular weight is 397 g/mol. The summed E-state index contributed by atoms with van der Waals surface area (Å²) >= 11 is 0. The maximum absolute atomic E-state index is 10.0. The van der Waals surface area contributed by atoms with Crippen LogP contribution in [0.15, 0.2) is 47.6 Å². The quantitative estimate of drug-likeness (QED) is 0.473. The normalized spacial score (nSPS) is 38.2. The van der Waals surface area contributed by atoms with Gasteiger partial charge in [-0.25, -0.2) is 0 Å². The minimum absolute atomic E-state index is 0.182. The topological polar surface area (TPSA) is 20.2 Å². The molecule has 0 aromatic rings. The van der Waals surface area contributed by atoms with Crippen LogP contribution in [0.1, 0.15) is 86.0 Å². The summed E-state index contributed by atoms with van der Waals surface area (Å²) in [5, 5.41) is 10.0. The Morgan fingerprint density at radius 2 is 1.79 bits per heavy atom. The van der Waals surface area contributed by atoms with E-state index in [0.29, 0.717) is 17.3 Å². The molecule has 29 heavy (non-hydrogen) atoms. The predicted octanol–water partition coefficient (Wildman–Crippen LogP) is 7.64. The van der Waals surface area contributed by atoms with E-state index in [2.05, 4.69) is 65.5 Å². The largest absolute Gasteiger partial charge is 0.393 e. The van der Waals surface area contributed by atoms with Gasteiger partial charge in [-0.05, 0) is 91.9 Å². The SMILES string of the molecule is C=C1CC[C@H](O)C/C1=C\C=C1/CCC[C@@]2(C)[C@@H]1CC[C@@H]2[C@@H](C)/C=C/[C@H](C)C(C)C. The lowest BCUT2D eigenvalue weighted by Gasteiger charge is -2.44. The number of fused-ring (bicyclic) bond motifs is 1. The molecule has 0 saturated heterocycles. The lowest BCUT2D eigenvalue weighted by Crippen LogP contribution is -2.35. The molecule has 162 valence electrons. The first-order valence-electron chi connectivity index (χ1n) is 12.2. The van der Waals surface area contributed by atoms with Crippen LogP contribution in [-0.4, -0.2) is 11.2 Å². The van der Waals surface area contributed by atoms with Crippen LogP contribution >= 0.6 is 0 Å². The highest BCUT2D eigenvalue weighted by Gasteiger charge is 2.50. The van der Waals surface area contributed by atoms with Crippen LogP contribution in [0.4, 0.5) is 0 Å². The van der Waals surface area contributed by atoms with Gasteiger partial charge in [0.15, 0.2) is 0 Å². The van der Waals surface area contributed by atoms with E-state index in [4.69, 9.17) is 0 Å². The molecule has 0 bridgehead atoms. The Bertz CT molecular complexity index is 678. The van der Waals surface area contributed by atoms with Crippen LogP contribution in [0, 0.1) is 35.0 Å². The number of aliphatic hydroxyl groups excluding tert-OH is 1. The standard InChI is InChI=1S/C28H44O/c1-19(2)20(3)9-10-22(5)26-15-16-27-23(8-7-17-28(26,27)6)12-13-24-18-25(29)14-11-21(24)4/h9-10,12-13,19-20,22,25-27,29H,4,7-8,11,14-18H2,1-3,5-6H3/b10-9+,23-12+,24-13+/t20-,22-,25-,26+,27+,28+/m0/s1. The Labute approximate surface area is 180 Å². The van der Waals surface area contributed by atoms with Gasteiger partial charge in [0.05, 0.1) is 6.10 Å². The van der Waals surface area contributed by atoms with Crippen molar-refractivity contribution in [3.8, 4) is 0 Å². The van der Waals surface area contributed by atoms with Crippen molar-refractivity contribution in [1.29, 1.82) is 0 Å². The average Bonchev–Trinajstić information content (AvgIpc) is 3.04. The number of allylic oxidation sites excluding steroid dienone is 6. The van der Waals surface area contributed by atoms with Crippen LogP contribution < -0.4 is 0 Å². The van der Waals surface area contributed by atoms with Gasteiger partial charge in [-0.3, -0.25) is 0 Å². The summed E-state index contributed by atoms with van der Waals surface area (Å²) in [7, 11) is 0. The molecule has 0 aromatic carbocycles. The molecule has 3 fully saturated rings. The van der Waals surface area contributed by atoms with Gasteiger partial charge >= 0.3 is 0 Å². The summed E-state index contributed by atoms with van der Waals surface area (Å²) in [6, 6.07) is 0. The number of rotatable bonds is 5. The first-order valence-corrected chi connectivity index (χ1v) is 12.2. The van der Waals surface area contributed by atoms with Crippen molar-refractivity contribution in [2.45, 2.75) is 92.1 Å². The number of hydrogen-bond acceptors (Lipinski definition) is 1. The minimum Gasteiger partial charge on any atom is -0.393 e. The molecular weight excluding hydrogens is 352 g/mol. The van der Waals surface area contributed by atoms with Crippen LogP contribution in [0.2, 0.25) is 0 Å². The van der Waals surface area contributed by atoms with Gasteiger partial charge in [0.1, 0.15) is 0 Å². The summed E-state index contributed by atoms with van der Waals surface area (Å²) in [6.45, 7) is 16.3. The fourth-order valence-electron chi connectivity index (χ4n) is 6.25. The molecule has 3 rings (SSSR count). The first kappa shape index (κ1) is 22.6. The third-order valence-electron chi connectivity index (χ3n) is 8.63. The van der Waals surface area contributed by atoms with Crippen LogP contribution in [0.25, 0.3) is 0 Å². The predicted molar refractivity (Wildman–Crippen MR) is 126 cm³/mol. The highest BCUT2D eigenvalue weighted by Crippen LogP contribution is 2.59. The lowest BCUT2D eigenvalue weighted by atomic mass is 9.61. The molecule has 3 aliphatic carbocycles. The van der Waals surface area contributed by atoms with E-state index >= 15 is 0 Å². The maximum Gasteiger partial charge on any atom is 0.0583 e. The molecule has 0 amide bonds. The van der Waals surface area contributed by atoms with E-state index in [1.807, 2.05) is 0 Å². The molecule has 3 aliphatic rings. The molecule has 6 atom stereocenters. The monoisotopic (exact) mass is 396 g/mol. The number of aliphatic hydroxyl groups is 1. The summed E-state index contributed by atoms with van der Waals surface area (Å²) in [5.41, 5.74) is 4.61. The Kier molecular flexibility index (Phi) is 7.31. The molecule has 1 nitrogen and oxygen atoms in total. The second-order valence-corrected chi connectivity index (χ2v) is 10.9. The second kappa shape index (κ2) is 9.38. The van der Waals surface area contributed by atoms with Crippen molar-refractivity contribution in [2.24, 2.45) is 35.0 Å². The van der Waals surface area contributed by atoms with E-state index in [0.717, 1.165) is 37.0 Å². The summed E-state index contributed by atoms with van der Waals surface area (Å²) < 4.78 is 0. The zero-order chi connectivity index (χ0) is 21.2. The zero-order valence-electron chi connectivity index (χ0n) is 19.6. The second-order valence-electron chi connectivity index (χ2n) is 10.9. The fourth-order valence-corrected chi connectivity index (χ4v) is 6.25. The first-order chi connectivity index (χ1) is 13.7. The van der Waals surface area contributed by atoms with E-state index in [-0.39, 0.29) is 6.10 Å². The molecule has 1 N–H and O–H groups in total. The van der Waals surface area contributed by atoms with Crippen molar-refractivity contribution in [3.05, 3.63) is 47.6 Å². The zero-order valence-corrected chi connectivity index (χ0v) is 19.6. The van der Waals surface area contributed by atoms with Crippen LogP contribution in [0.3, 0.4) is 0 Å². The smallest absolute Gasteiger partial charge is 0.0583 e. The Morgan fingerprint density at radius 1 is 1.03 bits per heavy atom. The van der Waals surface area contributed by atoms with Crippen LogP contribution in [-0.2, 0) is 0 Å². The van der Waals surface area contributed by atoms with Gasteiger partial charge in [0.25, 0.3) is 0 Å². The molecule has 0 spiro atoms. The van der Waals surface area contributed by atoms with Crippen molar-refractivity contribution in [3.63, 3.8) is 0 Å². The van der Waals surface area contributed by atoms with Crippen molar-refractivity contribution in [2.75, 3.05) is 0 Å². The molecular formula is C28H44O. The highest BCUT2D eigenvalue weighted by molar-refractivity contribution is 5.36. The fraction of sp³-hybridized carbons (Fsp3) is 0.714. The Morgan fingerprint density at radius 3 is 2.52 bits per heavy atom. The summed E-state index contributed by atoms with van der Waals surface area (Å²) in [6.07, 6.45) is 18.8. The van der Waals surface area contributed by atoms with E-state index in [1.165, 1.54) is 43.3 Å². The van der Waals surface area contributed by atoms with Gasteiger partial charge in [-0.1, -0.05) is 76.6 Å².